The Labute approximate surface area is 126 Å². The second kappa shape index (κ2) is 5.73. The summed E-state index contributed by atoms with van der Waals surface area (Å²) in [7, 11) is 1.98. The summed E-state index contributed by atoms with van der Waals surface area (Å²) in [6.07, 6.45) is 2.78. The Balaban J connectivity index is 2.13. The zero-order chi connectivity index (χ0) is 14.0. The molecule has 4 nitrogen and oxygen atoms in total. The highest BCUT2D eigenvalue weighted by molar-refractivity contribution is 9.10. The molecule has 104 valence electrons. The standard InChI is InChI=1S/C13H19BrN4S/c1-5-9-11(14)10(18(4)17-9)8-16-13(2,3)12-15-6-7-19-12/h6-7,16H,5,8H2,1-4H3. The van der Waals surface area contributed by atoms with E-state index in [0.717, 1.165) is 28.1 Å². The van der Waals surface area contributed by atoms with Gasteiger partial charge in [-0.15, -0.1) is 11.3 Å². The Morgan fingerprint density at radius 2 is 2.21 bits per heavy atom. The largest absolute Gasteiger partial charge is 0.300 e. The number of halogens is 1. The number of rotatable bonds is 5. The fourth-order valence-electron chi connectivity index (χ4n) is 1.92. The van der Waals surface area contributed by atoms with Gasteiger partial charge in [0, 0.05) is 25.2 Å². The maximum atomic E-state index is 4.51. The molecule has 2 aromatic heterocycles. The topological polar surface area (TPSA) is 42.7 Å². The number of nitrogens with one attached hydrogen (secondary N) is 1. The number of aromatic nitrogens is 3. The van der Waals surface area contributed by atoms with Crippen molar-refractivity contribution in [1.82, 2.24) is 20.1 Å². The van der Waals surface area contributed by atoms with Gasteiger partial charge in [0.2, 0.25) is 0 Å². The van der Waals surface area contributed by atoms with Crippen molar-refractivity contribution >= 4 is 27.3 Å². The van der Waals surface area contributed by atoms with E-state index in [2.05, 4.69) is 52.1 Å². The lowest BCUT2D eigenvalue weighted by atomic mass is 10.1. The normalized spacial score (nSPS) is 12.1. The highest BCUT2D eigenvalue weighted by atomic mass is 79.9. The number of aryl methyl sites for hydroxylation is 2. The highest BCUT2D eigenvalue weighted by Crippen LogP contribution is 2.25. The van der Waals surface area contributed by atoms with Crippen LogP contribution in [0.3, 0.4) is 0 Å². The van der Waals surface area contributed by atoms with Crippen molar-refractivity contribution < 1.29 is 0 Å². The smallest absolute Gasteiger partial charge is 0.112 e. The summed E-state index contributed by atoms with van der Waals surface area (Å²) < 4.78 is 3.05. The predicted molar refractivity (Wildman–Crippen MR) is 82.3 cm³/mol. The van der Waals surface area contributed by atoms with E-state index in [1.54, 1.807) is 11.3 Å². The first-order chi connectivity index (χ1) is 8.95. The molecule has 0 radical (unpaired) electrons. The Hall–Kier alpha value is -0.720. The van der Waals surface area contributed by atoms with Gasteiger partial charge >= 0.3 is 0 Å². The van der Waals surface area contributed by atoms with Crippen LogP contribution in [0.4, 0.5) is 0 Å². The minimum absolute atomic E-state index is 0.135. The zero-order valence-corrected chi connectivity index (χ0v) is 14.1. The van der Waals surface area contributed by atoms with Crippen LogP contribution in [0.2, 0.25) is 0 Å². The van der Waals surface area contributed by atoms with E-state index in [-0.39, 0.29) is 5.54 Å². The van der Waals surface area contributed by atoms with Crippen LogP contribution >= 0.6 is 27.3 Å². The molecular weight excluding hydrogens is 324 g/mol. The van der Waals surface area contributed by atoms with Crippen molar-refractivity contribution in [3.8, 4) is 0 Å². The van der Waals surface area contributed by atoms with Crippen molar-refractivity contribution in [3.63, 3.8) is 0 Å². The quantitative estimate of drug-likeness (QED) is 0.906. The molecule has 0 aliphatic rings. The van der Waals surface area contributed by atoms with Gasteiger partial charge < -0.3 is 5.32 Å². The fourth-order valence-corrected chi connectivity index (χ4v) is 3.42. The van der Waals surface area contributed by atoms with Gasteiger partial charge in [-0.25, -0.2) is 4.98 Å². The maximum absolute atomic E-state index is 4.51. The van der Waals surface area contributed by atoms with E-state index in [9.17, 15) is 0 Å². The molecule has 2 heterocycles. The third kappa shape index (κ3) is 3.07. The van der Waals surface area contributed by atoms with Crippen LogP contribution in [0.15, 0.2) is 16.0 Å². The summed E-state index contributed by atoms with van der Waals surface area (Å²) in [5.41, 5.74) is 2.14. The summed E-state index contributed by atoms with van der Waals surface area (Å²) in [6, 6.07) is 0. The van der Waals surface area contributed by atoms with Crippen LogP contribution in [-0.4, -0.2) is 14.8 Å². The van der Waals surface area contributed by atoms with E-state index in [1.165, 1.54) is 5.69 Å². The SMILES string of the molecule is CCc1nn(C)c(CNC(C)(C)c2nccs2)c1Br. The average Bonchev–Trinajstić information content (AvgIpc) is 2.97. The van der Waals surface area contributed by atoms with Gasteiger partial charge in [-0.2, -0.15) is 5.10 Å². The van der Waals surface area contributed by atoms with Crippen LogP contribution in [0.5, 0.6) is 0 Å². The fraction of sp³-hybridized carbons (Fsp3) is 0.538. The lowest BCUT2D eigenvalue weighted by molar-refractivity contribution is 0.391. The van der Waals surface area contributed by atoms with E-state index in [0.29, 0.717) is 0 Å². The van der Waals surface area contributed by atoms with E-state index < -0.39 is 0 Å². The maximum Gasteiger partial charge on any atom is 0.112 e. The molecule has 2 aromatic rings. The third-order valence-electron chi connectivity index (χ3n) is 3.17. The molecule has 19 heavy (non-hydrogen) atoms. The summed E-state index contributed by atoms with van der Waals surface area (Å²) in [5, 5.41) is 11.2. The van der Waals surface area contributed by atoms with E-state index in [4.69, 9.17) is 0 Å². The monoisotopic (exact) mass is 342 g/mol. The molecule has 0 saturated carbocycles. The lowest BCUT2D eigenvalue weighted by Crippen LogP contribution is -2.36. The van der Waals surface area contributed by atoms with Gasteiger partial charge in [-0.1, -0.05) is 6.92 Å². The van der Waals surface area contributed by atoms with Crippen molar-refractivity contribution in [2.24, 2.45) is 7.05 Å². The third-order valence-corrected chi connectivity index (χ3v) is 5.18. The van der Waals surface area contributed by atoms with E-state index in [1.807, 2.05) is 23.3 Å². The zero-order valence-electron chi connectivity index (χ0n) is 11.7. The minimum Gasteiger partial charge on any atom is -0.300 e. The number of nitrogens with zero attached hydrogens (tertiary/aromatic N) is 3. The predicted octanol–water partition coefficient (Wildman–Crippen LogP) is 3.23. The number of hydrogen-bond donors (Lipinski definition) is 1. The molecule has 0 aromatic carbocycles. The van der Waals surface area contributed by atoms with Crippen molar-refractivity contribution in [2.75, 3.05) is 0 Å². The lowest BCUT2D eigenvalue weighted by Gasteiger charge is -2.24. The molecule has 0 aliphatic heterocycles. The van der Waals surface area contributed by atoms with Gasteiger partial charge in [0.1, 0.15) is 5.01 Å². The Bertz CT molecular complexity index is 545. The first kappa shape index (κ1) is 14.7. The number of hydrogen-bond acceptors (Lipinski definition) is 4. The Kier molecular flexibility index (Phi) is 4.43. The summed E-state index contributed by atoms with van der Waals surface area (Å²) in [5.74, 6) is 0. The molecule has 6 heteroatoms. The molecule has 0 bridgehead atoms. The average molecular weight is 343 g/mol. The van der Waals surface area contributed by atoms with Crippen LogP contribution in [0.25, 0.3) is 0 Å². The highest BCUT2D eigenvalue weighted by Gasteiger charge is 2.24. The van der Waals surface area contributed by atoms with Crippen molar-refractivity contribution in [1.29, 1.82) is 0 Å². The first-order valence-corrected chi connectivity index (χ1v) is 7.98. The van der Waals surface area contributed by atoms with Gasteiger partial charge in [0.05, 0.1) is 21.4 Å². The molecule has 0 spiro atoms. The van der Waals surface area contributed by atoms with Crippen molar-refractivity contribution in [3.05, 3.63) is 32.4 Å². The first-order valence-electron chi connectivity index (χ1n) is 6.31. The van der Waals surface area contributed by atoms with Crippen LogP contribution in [0.1, 0.15) is 37.2 Å². The van der Waals surface area contributed by atoms with Crippen molar-refractivity contribution in [2.45, 2.75) is 39.3 Å². The molecule has 0 fully saturated rings. The minimum atomic E-state index is -0.135. The van der Waals surface area contributed by atoms with Gasteiger partial charge in [-0.3, -0.25) is 4.68 Å². The van der Waals surface area contributed by atoms with Gasteiger partial charge in [-0.05, 0) is 36.2 Å². The Morgan fingerprint density at radius 3 is 2.74 bits per heavy atom. The molecular formula is C13H19BrN4S. The summed E-state index contributed by atoms with van der Waals surface area (Å²) in [4.78, 5) is 4.39. The molecule has 1 N–H and O–H groups in total. The second-order valence-electron chi connectivity index (χ2n) is 5.00. The summed E-state index contributed by atoms with van der Waals surface area (Å²) in [6.45, 7) is 7.17. The van der Waals surface area contributed by atoms with Crippen LogP contribution in [0, 0.1) is 0 Å². The second-order valence-corrected chi connectivity index (χ2v) is 6.69. The number of thiazole rings is 1. The van der Waals surface area contributed by atoms with E-state index >= 15 is 0 Å². The van der Waals surface area contributed by atoms with Crippen LogP contribution in [-0.2, 0) is 25.6 Å². The molecule has 2 rings (SSSR count). The Morgan fingerprint density at radius 1 is 1.47 bits per heavy atom. The molecule has 0 aliphatic carbocycles. The van der Waals surface area contributed by atoms with Crippen LogP contribution < -0.4 is 5.32 Å². The van der Waals surface area contributed by atoms with Gasteiger partial charge in [0.25, 0.3) is 0 Å². The van der Waals surface area contributed by atoms with Gasteiger partial charge in [0.15, 0.2) is 0 Å². The molecule has 0 saturated heterocycles. The molecule has 0 amide bonds. The summed E-state index contributed by atoms with van der Waals surface area (Å²) >= 11 is 5.32. The molecule has 0 unspecified atom stereocenters. The molecule has 0 atom stereocenters.